The predicted octanol–water partition coefficient (Wildman–Crippen LogP) is 7.40. The van der Waals surface area contributed by atoms with Gasteiger partial charge in [-0.1, -0.05) is 70.7 Å². The van der Waals surface area contributed by atoms with Crippen LogP contribution in [0.1, 0.15) is 17.2 Å². The SMILES string of the molecule is O=C(/C=C/c1cccc(Cl)c1)N1CCN(c2ccc(Cl)cc2Cl)C(c2ccc(Cl)cc2)C1. The fourth-order valence-corrected chi connectivity index (χ4v) is 4.68. The first kappa shape index (κ1) is 23.0. The van der Waals surface area contributed by atoms with Crippen LogP contribution in [0, 0.1) is 0 Å². The third kappa shape index (κ3) is 5.41. The van der Waals surface area contributed by atoms with Gasteiger partial charge in [-0.2, -0.15) is 0 Å². The molecule has 1 fully saturated rings. The summed E-state index contributed by atoms with van der Waals surface area (Å²) in [5.74, 6) is -0.0502. The number of rotatable bonds is 4. The van der Waals surface area contributed by atoms with Gasteiger partial charge in [-0.25, -0.2) is 0 Å². The Kier molecular flexibility index (Phi) is 7.32. The molecule has 3 aromatic rings. The molecular weight excluding hydrogens is 486 g/mol. The lowest BCUT2D eigenvalue weighted by Crippen LogP contribution is -2.50. The highest BCUT2D eigenvalue weighted by Gasteiger charge is 2.31. The summed E-state index contributed by atoms with van der Waals surface area (Å²) in [7, 11) is 0. The average Bonchev–Trinajstić information content (AvgIpc) is 2.78. The third-order valence-electron chi connectivity index (χ3n) is 5.43. The zero-order chi connectivity index (χ0) is 22.7. The molecule has 1 heterocycles. The van der Waals surface area contributed by atoms with E-state index in [4.69, 9.17) is 46.4 Å². The zero-order valence-corrected chi connectivity index (χ0v) is 20.0. The van der Waals surface area contributed by atoms with Crippen molar-refractivity contribution in [1.82, 2.24) is 4.90 Å². The molecular formula is C25H20Cl4N2O. The van der Waals surface area contributed by atoms with Gasteiger partial charge in [0.05, 0.1) is 16.8 Å². The molecule has 4 rings (SSSR count). The second-order valence-corrected chi connectivity index (χ2v) is 9.25. The van der Waals surface area contributed by atoms with E-state index in [1.807, 2.05) is 59.5 Å². The number of anilines is 1. The summed E-state index contributed by atoms with van der Waals surface area (Å²) in [6.45, 7) is 1.71. The fraction of sp³-hybridized carbons (Fsp3) is 0.160. The van der Waals surface area contributed by atoms with E-state index in [1.54, 1.807) is 24.3 Å². The maximum Gasteiger partial charge on any atom is 0.246 e. The first-order valence-electron chi connectivity index (χ1n) is 10.1. The Bertz CT molecular complexity index is 1150. The molecule has 164 valence electrons. The minimum Gasteiger partial charge on any atom is -0.360 e. The quantitative estimate of drug-likeness (QED) is 0.345. The molecule has 1 aliphatic rings. The van der Waals surface area contributed by atoms with Gasteiger partial charge in [0, 0.05) is 40.8 Å². The van der Waals surface area contributed by atoms with E-state index < -0.39 is 0 Å². The molecule has 0 aromatic heterocycles. The number of halogens is 4. The largest absolute Gasteiger partial charge is 0.360 e. The summed E-state index contributed by atoms with van der Waals surface area (Å²) in [6, 6.07) is 20.5. The fourth-order valence-electron chi connectivity index (χ4n) is 3.84. The Balaban J connectivity index is 1.59. The first-order valence-corrected chi connectivity index (χ1v) is 11.6. The molecule has 0 N–H and O–H groups in total. The van der Waals surface area contributed by atoms with Crippen LogP contribution >= 0.6 is 46.4 Å². The van der Waals surface area contributed by atoms with E-state index in [9.17, 15) is 4.79 Å². The molecule has 1 amide bonds. The van der Waals surface area contributed by atoms with Gasteiger partial charge in [-0.3, -0.25) is 4.79 Å². The maximum atomic E-state index is 13.0. The van der Waals surface area contributed by atoms with Crippen LogP contribution in [-0.4, -0.2) is 30.4 Å². The van der Waals surface area contributed by atoms with Gasteiger partial charge in [0.25, 0.3) is 0 Å². The highest BCUT2D eigenvalue weighted by Crippen LogP contribution is 2.36. The molecule has 0 spiro atoms. The summed E-state index contributed by atoms with van der Waals surface area (Å²) in [5, 5.41) is 2.47. The topological polar surface area (TPSA) is 23.6 Å². The van der Waals surface area contributed by atoms with Gasteiger partial charge in [0.1, 0.15) is 0 Å². The molecule has 0 saturated carbocycles. The molecule has 1 aliphatic heterocycles. The highest BCUT2D eigenvalue weighted by atomic mass is 35.5. The van der Waals surface area contributed by atoms with Crippen molar-refractivity contribution >= 4 is 64.1 Å². The molecule has 0 bridgehead atoms. The van der Waals surface area contributed by atoms with E-state index >= 15 is 0 Å². The lowest BCUT2D eigenvalue weighted by atomic mass is 10.0. The Hall–Kier alpha value is -2.17. The summed E-state index contributed by atoms with van der Waals surface area (Å²) >= 11 is 24.8. The number of benzene rings is 3. The third-order valence-corrected chi connectivity index (χ3v) is 6.46. The van der Waals surface area contributed by atoms with Crippen molar-refractivity contribution in [2.75, 3.05) is 24.5 Å². The van der Waals surface area contributed by atoms with Crippen molar-refractivity contribution in [1.29, 1.82) is 0 Å². The Labute approximate surface area is 207 Å². The molecule has 0 aliphatic carbocycles. The van der Waals surface area contributed by atoms with Crippen LogP contribution in [0.5, 0.6) is 0 Å². The van der Waals surface area contributed by atoms with Gasteiger partial charge >= 0.3 is 0 Å². The van der Waals surface area contributed by atoms with Crippen molar-refractivity contribution in [2.45, 2.75) is 6.04 Å². The molecule has 1 unspecified atom stereocenters. The van der Waals surface area contributed by atoms with Crippen molar-refractivity contribution < 1.29 is 4.79 Å². The highest BCUT2D eigenvalue weighted by molar-refractivity contribution is 6.36. The molecule has 1 saturated heterocycles. The van der Waals surface area contributed by atoms with E-state index in [0.29, 0.717) is 39.7 Å². The maximum absolute atomic E-state index is 13.0. The normalized spacial score (nSPS) is 16.6. The van der Waals surface area contributed by atoms with Crippen LogP contribution in [0.3, 0.4) is 0 Å². The second kappa shape index (κ2) is 10.2. The minimum absolute atomic E-state index is 0.0502. The van der Waals surface area contributed by atoms with E-state index in [2.05, 4.69) is 4.90 Å². The zero-order valence-electron chi connectivity index (χ0n) is 17.0. The van der Waals surface area contributed by atoms with Crippen molar-refractivity contribution in [3.63, 3.8) is 0 Å². The molecule has 3 nitrogen and oxygen atoms in total. The second-order valence-electron chi connectivity index (χ2n) is 7.53. The van der Waals surface area contributed by atoms with Crippen LogP contribution in [0.2, 0.25) is 20.1 Å². The number of carbonyl (C=O) groups is 1. The standard InChI is InChI=1S/C25H20Cl4N2O/c26-19-7-5-18(6-8-19)24-16-30(25(32)11-4-17-2-1-3-20(27)14-17)12-13-31(24)23-10-9-21(28)15-22(23)29/h1-11,14-15,24H,12-13,16H2/b11-4+. The van der Waals surface area contributed by atoms with Gasteiger partial charge < -0.3 is 9.80 Å². The Morgan fingerprint density at radius 2 is 1.56 bits per heavy atom. The number of hydrogen-bond donors (Lipinski definition) is 0. The van der Waals surface area contributed by atoms with Crippen LogP contribution in [0.4, 0.5) is 5.69 Å². The number of piperazine rings is 1. The minimum atomic E-state index is -0.0804. The van der Waals surface area contributed by atoms with Gasteiger partial charge in [-0.05, 0) is 59.7 Å². The summed E-state index contributed by atoms with van der Waals surface area (Å²) < 4.78 is 0. The van der Waals surface area contributed by atoms with E-state index in [0.717, 1.165) is 16.8 Å². The summed E-state index contributed by atoms with van der Waals surface area (Å²) in [6.07, 6.45) is 3.38. The van der Waals surface area contributed by atoms with Gasteiger partial charge in [0.2, 0.25) is 5.91 Å². The monoisotopic (exact) mass is 504 g/mol. The van der Waals surface area contributed by atoms with Crippen LogP contribution in [-0.2, 0) is 4.79 Å². The van der Waals surface area contributed by atoms with E-state index in [-0.39, 0.29) is 11.9 Å². The molecule has 7 heteroatoms. The molecule has 32 heavy (non-hydrogen) atoms. The Morgan fingerprint density at radius 1 is 0.844 bits per heavy atom. The molecule has 1 atom stereocenters. The van der Waals surface area contributed by atoms with Crippen molar-refractivity contribution in [3.05, 3.63) is 104 Å². The van der Waals surface area contributed by atoms with Crippen molar-refractivity contribution in [2.24, 2.45) is 0 Å². The predicted molar refractivity (Wildman–Crippen MR) is 135 cm³/mol. The first-order chi connectivity index (χ1) is 15.4. The lowest BCUT2D eigenvalue weighted by Gasteiger charge is -2.43. The number of carbonyl (C=O) groups excluding carboxylic acids is 1. The summed E-state index contributed by atoms with van der Waals surface area (Å²) in [4.78, 5) is 17.0. The van der Waals surface area contributed by atoms with Gasteiger partial charge in [0.15, 0.2) is 0 Å². The van der Waals surface area contributed by atoms with Gasteiger partial charge in [-0.15, -0.1) is 0 Å². The lowest BCUT2D eigenvalue weighted by molar-refractivity contribution is -0.126. The number of amides is 1. The van der Waals surface area contributed by atoms with Crippen molar-refractivity contribution in [3.8, 4) is 0 Å². The van der Waals surface area contributed by atoms with E-state index in [1.165, 1.54) is 0 Å². The number of hydrogen-bond acceptors (Lipinski definition) is 2. The van der Waals surface area contributed by atoms with Crippen LogP contribution < -0.4 is 4.90 Å². The number of nitrogens with zero attached hydrogens (tertiary/aromatic N) is 2. The Morgan fingerprint density at radius 3 is 2.28 bits per heavy atom. The average molecular weight is 506 g/mol. The van der Waals surface area contributed by atoms with Crippen LogP contribution in [0.25, 0.3) is 6.08 Å². The summed E-state index contributed by atoms with van der Waals surface area (Å²) in [5.41, 5.74) is 2.82. The molecule has 0 radical (unpaired) electrons. The smallest absolute Gasteiger partial charge is 0.246 e. The van der Waals surface area contributed by atoms with Crippen LogP contribution in [0.15, 0.2) is 72.8 Å². The molecule has 3 aromatic carbocycles.